The van der Waals surface area contributed by atoms with Gasteiger partial charge in [-0.25, -0.2) is 9.97 Å². The number of nitrogens with one attached hydrogen (secondary N) is 1. The molecule has 0 bridgehead atoms. The maximum absolute atomic E-state index is 11.3. The highest BCUT2D eigenvalue weighted by Crippen LogP contribution is 2.36. The van der Waals surface area contributed by atoms with Crippen LogP contribution in [-0.2, 0) is 0 Å². The Kier molecular flexibility index (Phi) is 4.83. The second kappa shape index (κ2) is 6.80. The van der Waals surface area contributed by atoms with Gasteiger partial charge in [-0.15, -0.1) is 0 Å². The van der Waals surface area contributed by atoms with E-state index in [2.05, 4.69) is 20.3 Å². The molecule has 0 atom stereocenters. The quantitative estimate of drug-likeness (QED) is 0.496. The van der Waals surface area contributed by atoms with E-state index >= 15 is 0 Å². The van der Waals surface area contributed by atoms with Crippen LogP contribution in [0, 0.1) is 10.1 Å². The third-order valence-corrected chi connectivity index (χ3v) is 3.38. The molecule has 0 aliphatic rings. The number of hydrogen-bond acceptors (Lipinski definition) is 7. The highest BCUT2D eigenvalue weighted by molar-refractivity contribution is 7.99. The predicted molar refractivity (Wildman–Crippen MR) is 75.8 cm³/mol. The number of pyridine rings is 1. The molecule has 1 N–H and O–H groups in total. The Morgan fingerprint density at radius 1 is 1.35 bits per heavy atom. The molecule has 0 unspecified atom stereocenters. The van der Waals surface area contributed by atoms with Crippen molar-refractivity contribution in [3.63, 3.8) is 0 Å². The molecule has 104 valence electrons. The number of hydrogen-bond donors (Lipinski definition) is 1. The van der Waals surface area contributed by atoms with Crippen molar-refractivity contribution in [1.82, 2.24) is 15.0 Å². The molecule has 8 heteroatoms. The summed E-state index contributed by atoms with van der Waals surface area (Å²) >= 11 is 1.22. The van der Waals surface area contributed by atoms with Gasteiger partial charge < -0.3 is 5.32 Å². The summed E-state index contributed by atoms with van der Waals surface area (Å²) < 4.78 is 0. The highest BCUT2D eigenvalue weighted by atomic mass is 32.2. The first kappa shape index (κ1) is 14.2. The van der Waals surface area contributed by atoms with E-state index in [1.807, 2.05) is 6.92 Å². The summed E-state index contributed by atoms with van der Waals surface area (Å²) in [5, 5.41) is 14.5. The molecule has 0 aromatic carbocycles. The van der Waals surface area contributed by atoms with Gasteiger partial charge in [-0.3, -0.25) is 15.1 Å². The minimum absolute atomic E-state index is 0.0947. The first-order chi connectivity index (χ1) is 9.72. The van der Waals surface area contributed by atoms with Gasteiger partial charge in [0.2, 0.25) is 5.82 Å². The van der Waals surface area contributed by atoms with E-state index < -0.39 is 4.92 Å². The lowest BCUT2D eigenvalue weighted by atomic mass is 10.4. The summed E-state index contributed by atoms with van der Waals surface area (Å²) in [4.78, 5) is 23.5. The van der Waals surface area contributed by atoms with Gasteiger partial charge in [0, 0.05) is 23.8 Å². The Labute approximate surface area is 120 Å². The van der Waals surface area contributed by atoms with Crippen molar-refractivity contribution in [1.29, 1.82) is 0 Å². The summed E-state index contributed by atoms with van der Waals surface area (Å²) in [6, 6.07) is 3.55. The van der Waals surface area contributed by atoms with Crippen LogP contribution in [0.1, 0.15) is 13.3 Å². The van der Waals surface area contributed by atoms with Crippen LogP contribution in [0.2, 0.25) is 0 Å². The molecular formula is C12H13N5O2S. The molecule has 2 aromatic heterocycles. The number of nitrogens with zero attached hydrogens (tertiary/aromatic N) is 4. The van der Waals surface area contributed by atoms with Gasteiger partial charge in [0.1, 0.15) is 6.33 Å². The van der Waals surface area contributed by atoms with E-state index in [9.17, 15) is 10.1 Å². The summed E-state index contributed by atoms with van der Waals surface area (Å²) in [6.45, 7) is 2.60. The minimum atomic E-state index is -0.457. The van der Waals surface area contributed by atoms with Crippen LogP contribution in [0.25, 0.3) is 0 Å². The number of rotatable bonds is 6. The molecule has 7 nitrogen and oxygen atoms in total. The van der Waals surface area contributed by atoms with Crippen LogP contribution in [0.3, 0.4) is 0 Å². The molecule has 2 heterocycles. The predicted octanol–water partition coefficient (Wildman–Crippen LogP) is 2.75. The zero-order chi connectivity index (χ0) is 14.4. The van der Waals surface area contributed by atoms with Crippen LogP contribution in [-0.4, -0.2) is 26.4 Å². The molecule has 0 saturated carbocycles. The molecule has 2 rings (SSSR count). The normalized spacial score (nSPS) is 10.2. The molecule has 20 heavy (non-hydrogen) atoms. The van der Waals surface area contributed by atoms with Crippen LogP contribution in [0.5, 0.6) is 0 Å². The fourth-order valence-electron chi connectivity index (χ4n) is 1.49. The van der Waals surface area contributed by atoms with E-state index in [4.69, 9.17) is 0 Å². The minimum Gasteiger partial charge on any atom is -0.364 e. The Morgan fingerprint density at radius 2 is 2.10 bits per heavy atom. The number of nitro groups is 1. The molecule has 2 aromatic rings. The SMILES string of the molecule is CCCNc1ncnc(Sc2ccncc2)c1[N+](=O)[O-]. The topological polar surface area (TPSA) is 93.8 Å². The van der Waals surface area contributed by atoms with Gasteiger partial charge in [-0.05, 0) is 18.6 Å². The number of anilines is 1. The Morgan fingerprint density at radius 3 is 2.75 bits per heavy atom. The standard InChI is InChI=1S/C12H13N5O2S/c1-2-5-14-11-10(17(18)19)12(16-8-15-11)20-9-3-6-13-7-4-9/h3-4,6-8H,2,5H2,1H3,(H,14,15,16). The largest absolute Gasteiger partial charge is 0.364 e. The summed E-state index contributed by atoms with van der Waals surface area (Å²) in [7, 11) is 0. The van der Waals surface area contributed by atoms with E-state index in [1.54, 1.807) is 24.5 Å². The number of aromatic nitrogens is 3. The van der Waals surface area contributed by atoms with Gasteiger partial charge in [-0.1, -0.05) is 18.7 Å². The van der Waals surface area contributed by atoms with Crippen LogP contribution in [0.4, 0.5) is 11.5 Å². The monoisotopic (exact) mass is 291 g/mol. The van der Waals surface area contributed by atoms with Gasteiger partial charge in [0.15, 0.2) is 5.03 Å². The Balaban J connectivity index is 2.34. The van der Waals surface area contributed by atoms with Crippen molar-refractivity contribution in [3.05, 3.63) is 41.0 Å². The molecule has 0 amide bonds. The van der Waals surface area contributed by atoms with E-state index in [-0.39, 0.29) is 11.5 Å². The van der Waals surface area contributed by atoms with E-state index in [1.165, 1.54) is 18.1 Å². The molecule has 0 radical (unpaired) electrons. The van der Waals surface area contributed by atoms with Crippen molar-refractivity contribution in [2.45, 2.75) is 23.3 Å². The summed E-state index contributed by atoms with van der Waals surface area (Å²) in [5.74, 6) is 0.253. The second-order valence-corrected chi connectivity index (χ2v) is 4.91. The average molecular weight is 291 g/mol. The van der Waals surface area contributed by atoms with E-state index in [0.29, 0.717) is 11.6 Å². The smallest absolute Gasteiger partial charge is 0.343 e. The fourth-order valence-corrected chi connectivity index (χ4v) is 2.34. The lowest BCUT2D eigenvalue weighted by Gasteiger charge is -2.07. The second-order valence-electron chi connectivity index (χ2n) is 3.84. The van der Waals surface area contributed by atoms with Crippen molar-refractivity contribution in [3.8, 4) is 0 Å². The fraction of sp³-hybridized carbons (Fsp3) is 0.250. The summed E-state index contributed by atoms with van der Waals surface area (Å²) in [5.41, 5.74) is -0.0947. The van der Waals surface area contributed by atoms with Crippen molar-refractivity contribution < 1.29 is 4.92 Å². The van der Waals surface area contributed by atoms with Gasteiger partial charge in [-0.2, -0.15) is 0 Å². The lowest BCUT2D eigenvalue weighted by Crippen LogP contribution is -2.07. The Bertz CT molecular complexity index is 594. The molecule has 0 spiro atoms. The lowest BCUT2D eigenvalue weighted by molar-refractivity contribution is -0.387. The van der Waals surface area contributed by atoms with Crippen LogP contribution in [0.15, 0.2) is 40.8 Å². The maximum atomic E-state index is 11.3. The van der Waals surface area contributed by atoms with E-state index in [0.717, 1.165) is 11.3 Å². The zero-order valence-corrected chi connectivity index (χ0v) is 11.6. The third-order valence-electron chi connectivity index (χ3n) is 2.38. The van der Waals surface area contributed by atoms with Crippen molar-refractivity contribution in [2.75, 3.05) is 11.9 Å². The van der Waals surface area contributed by atoms with Crippen LogP contribution >= 0.6 is 11.8 Å². The van der Waals surface area contributed by atoms with Crippen molar-refractivity contribution in [2.24, 2.45) is 0 Å². The molecule has 0 fully saturated rings. The highest BCUT2D eigenvalue weighted by Gasteiger charge is 2.23. The first-order valence-corrected chi connectivity index (χ1v) is 6.85. The third kappa shape index (κ3) is 3.41. The van der Waals surface area contributed by atoms with Gasteiger partial charge in [0.05, 0.1) is 4.92 Å². The summed E-state index contributed by atoms with van der Waals surface area (Å²) in [6.07, 6.45) is 5.44. The first-order valence-electron chi connectivity index (χ1n) is 6.03. The molecule has 0 saturated heterocycles. The molecular weight excluding hydrogens is 278 g/mol. The van der Waals surface area contributed by atoms with Gasteiger partial charge in [0.25, 0.3) is 0 Å². The van der Waals surface area contributed by atoms with Crippen LogP contribution < -0.4 is 5.32 Å². The average Bonchev–Trinajstić information content (AvgIpc) is 2.46. The molecule has 0 aliphatic heterocycles. The molecule has 0 aliphatic carbocycles. The Hall–Kier alpha value is -2.22. The maximum Gasteiger partial charge on any atom is 0.343 e. The van der Waals surface area contributed by atoms with Gasteiger partial charge >= 0.3 is 5.69 Å². The van der Waals surface area contributed by atoms with Crippen molar-refractivity contribution >= 4 is 23.3 Å². The zero-order valence-electron chi connectivity index (χ0n) is 10.8.